The summed E-state index contributed by atoms with van der Waals surface area (Å²) in [5.41, 5.74) is 6.10. The van der Waals surface area contributed by atoms with E-state index in [1.54, 1.807) is 12.1 Å². The van der Waals surface area contributed by atoms with Crippen molar-refractivity contribution in [1.29, 1.82) is 0 Å². The van der Waals surface area contributed by atoms with Crippen molar-refractivity contribution in [2.24, 2.45) is 5.73 Å². The van der Waals surface area contributed by atoms with Gasteiger partial charge in [-0.25, -0.2) is 4.39 Å². The normalized spacial score (nSPS) is 10.6. The van der Waals surface area contributed by atoms with Gasteiger partial charge in [0.15, 0.2) is 5.82 Å². The summed E-state index contributed by atoms with van der Waals surface area (Å²) in [5, 5.41) is 3.82. The molecule has 0 aliphatic rings. The van der Waals surface area contributed by atoms with E-state index in [1.807, 2.05) is 0 Å². The van der Waals surface area contributed by atoms with Crippen LogP contribution in [0, 0.1) is 5.82 Å². The van der Waals surface area contributed by atoms with Crippen molar-refractivity contribution in [3.05, 3.63) is 35.9 Å². The summed E-state index contributed by atoms with van der Waals surface area (Å²) in [6, 6.07) is 5.93. The molecule has 0 aliphatic carbocycles. The zero-order chi connectivity index (χ0) is 11.4. The lowest BCUT2D eigenvalue weighted by Crippen LogP contribution is -2.01. The molecule has 0 amide bonds. The van der Waals surface area contributed by atoms with E-state index >= 15 is 0 Å². The highest BCUT2D eigenvalue weighted by atomic mass is 19.1. The van der Waals surface area contributed by atoms with Crippen molar-refractivity contribution < 1.29 is 8.91 Å². The van der Waals surface area contributed by atoms with E-state index in [0.29, 0.717) is 30.2 Å². The van der Waals surface area contributed by atoms with E-state index < -0.39 is 0 Å². The fourth-order valence-corrected chi connectivity index (χ4v) is 1.33. The number of hydrogen-bond acceptors (Lipinski definition) is 4. The molecule has 5 heteroatoms. The summed E-state index contributed by atoms with van der Waals surface area (Å²) < 4.78 is 17.8. The Kier molecular flexibility index (Phi) is 3.26. The number of aromatic nitrogens is 2. The molecule has 0 spiro atoms. The van der Waals surface area contributed by atoms with Crippen LogP contribution in [0.5, 0.6) is 0 Å². The third kappa shape index (κ3) is 2.43. The van der Waals surface area contributed by atoms with Gasteiger partial charge in [0.25, 0.3) is 5.89 Å². The number of nitrogens with zero attached hydrogens (tertiary/aromatic N) is 2. The highest BCUT2D eigenvalue weighted by Gasteiger charge is 2.08. The van der Waals surface area contributed by atoms with Gasteiger partial charge < -0.3 is 10.3 Å². The molecule has 2 aromatic rings. The first-order chi connectivity index (χ1) is 7.79. The number of rotatable bonds is 4. The molecule has 0 unspecified atom stereocenters. The zero-order valence-corrected chi connectivity index (χ0v) is 8.69. The van der Waals surface area contributed by atoms with Crippen LogP contribution in [-0.2, 0) is 6.42 Å². The Bertz CT molecular complexity index is 453. The van der Waals surface area contributed by atoms with E-state index in [0.717, 1.165) is 6.42 Å². The molecule has 84 valence electrons. The molecule has 16 heavy (non-hydrogen) atoms. The summed E-state index contributed by atoms with van der Waals surface area (Å²) in [4.78, 5) is 4.19. The van der Waals surface area contributed by atoms with Crippen LogP contribution in [0.2, 0.25) is 0 Å². The molecular weight excluding hydrogens is 209 g/mol. The lowest BCUT2D eigenvalue weighted by Gasteiger charge is -1.92. The van der Waals surface area contributed by atoms with E-state index in [1.165, 1.54) is 12.1 Å². The summed E-state index contributed by atoms with van der Waals surface area (Å²) in [6.45, 7) is 0.598. The summed E-state index contributed by atoms with van der Waals surface area (Å²) in [5.74, 6) is 0.753. The Morgan fingerprint density at radius 2 is 2.00 bits per heavy atom. The molecule has 4 nitrogen and oxygen atoms in total. The Balaban J connectivity index is 2.15. The van der Waals surface area contributed by atoms with Crippen molar-refractivity contribution >= 4 is 0 Å². The Morgan fingerprint density at radius 1 is 1.25 bits per heavy atom. The van der Waals surface area contributed by atoms with Gasteiger partial charge in [-0.05, 0) is 37.2 Å². The standard InChI is InChI=1S/C11H12FN3O/c12-9-5-3-8(4-6-9)11-14-10(15-16-11)2-1-7-13/h3-6H,1-2,7,13H2. The summed E-state index contributed by atoms with van der Waals surface area (Å²) >= 11 is 0. The van der Waals surface area contributed by atoms with Crippen molar-refractivity contribution in [3.63, 3.8) is 0 Å². The third-order valence-corrected chi connectivity index (χ3v) is 2.16. The van der Waals surface area contributed by atoms with Crippen LogP contribution >= 0.6 is 0 Å². The molecule has 0 fully saturated rings. The first-order valence-corrected chi connectivity index (χ1v) is 5.08. The Hall–Kier alpha value is -1.75. The molecule has 1 heterocycles. The van der Waals surface area contributed by atoms with Crippen molar-refractivity contribution in [2.75, 3.05) is 6.54 Å². The van der Waals surface area contributed by atoms with Crippen LogP contribution in [0.1, 0.15) is 12.2 Å². The van der Waals surface area contributed by atoms with Crippen LogP contribution in [0.4, 0.5) is 4.39 Å². The maximum absolute atomic E-state index is 12.7. The van der Waals surface area contributed by atoms with Gasteiger partial charge in [-0.2, -0.15) is 4.98 Å². The number of benzene rings is 1. The SMILES string of the molecule is NCCCc1noc(-c2ccc(F)cc2)n1. The Morgan fingerprint density at radius 3 is 2.69 bits per heavy atom. The van der Waals surface area contributed by atoms with Gasteiger partial charge in [-0.3, -0.25) is 0 Å². The van der Waals surface area contributed by atoms with Crippen molar-refractivity contribution in [2.45, 2.75) is 12.8 Å². The predicted molar refractivity (Wildman–Crippen MR) is 57.1 cm³/mol. The van der Waals surface area contributed by atoms with Crippen molar-refractivity contribution in [3.8, 4) is 11.5 Å². The fraction of sp³-hybridized carbons (Fsp3) is 0.273. The van der Waals surface area contributed by atoms with Gasteiger partial charge in [0, 0.05) is 12.0 Å². The van der Waals surface area contributed by atoms with Gasteiger partial charge in [0.05, 0.1) is 0 Å². The monoisotopic (exact) mass is 221 g/mol. The molecule has 0 saturated heterocycles. The molecular formula is C11H12FN3O. The topological polar surface area (TPSA) is 64.9 Å². The first-order valence-electron chi connectivity index (χ1n) is 5.08. The van der Waals surface area contributed by atoms with Gasteiger partial charge in [-0.15, -0.1) is 0 Å². The van der Waals surface area contributed by atoms with Crippen LogP contribution in [0.3, 0.4) is 0 Å². The van der Waals surface area contributed by atoms with Gasteiger partial charge in [0.1, 0.15) is 5.82 Å². The molecule has 0 bridgehead atoms. The maximum atomic E-state index is 12.7. The van der Waals surface area contributed by atoms with Crippen LogP contribution in [0.15, 0.2) is 28.8 Å². The molecule has 0 atom stereocenters. The molecule has 0 aliphatic heterocycles. The third-order valence-electron chi connectivity index (χ3n) is 2.16. The minimum Gasteiger partial charge on any atom is -0.334 e. The lowest BCUT2D eigenvalue weighted by molar-refractivity contribution is 0.421. The minimum atomic E-state index is -0.286. The number of halogens is 1. The molecule has 2 rings (SSSR count). The van der Waals surface area contributed by atoms with Gasteiger partial charge in [-0.1, -0.05) is 5.16 Å². The molecule has 0 radical (unpaired) electrons. The predicted octanol–water partition coefficient (Wildman–Crippen LogP) is 1.77. The molecule has 2 N–H and O–H groups in total. The molecule has 1 aromatic heterocycles. The second kappa shape index (κ2) is 4.85. The highest BCUT2D eigenvalue weighted by Crippen LogP contribution is 2.17. The first kappa shape index (κ1) is 10.8. The number of nitrogens with two attached hydrogens (primary N) is 1. The number of aryl methyl sites for hydroxylation is 1. The average Bonchev–Trinajstić information content (AvgIpc) is 2.76. The molecule has 1 aromatic carbocycles. The smallest absolute Gasteiger partial charge is 0.257 e. The maximum Gasteiger partial charge on any atom is 0.257 e. The highest BCUT2D eigenvalue weighted by molar-refractivity contribution is 5.52. The van der Waals surface area contributed by atoms with Gasteiger partial charge in [0.2, 0.25) is 0 Å². The quantitative estimate of drug-likeness (QED) is 0.854. The number of hydrogen-bond donors (Lipinski definition) is 1. The zero-order valence-electron chi connectivity index (χ0n) is 8.69. The largest absolute Gasteiger partial charge is 0.334 e. The summed E-state index contributed by atoms with van der Waals surface area (Å²) in [7, 11) is 0. The van der Waals surface area contributed by atoms with E-state index in [9.17, 15) is 4.39 Å². The van der Waals surface area contributed by atoms with E-state index in [2.05, 4.69) is 10.1 Å². The van der Waals surface area contributed by atoms with Crippen LogP contribution in [-0.4, -0.2) is 16.7 Å². The Labute approximate surface area is 92.3 Å². The minimum absolute atomic E-state index is 0.286. The van der Waals surface area contributed by atoms with Crippen molar-refractivity contribution in [1.82, 2.24) is 10.1 Å². The molecule has 0 saturated carbocycles. The van der Waals surface area contributed by atoms with E-state index in [-0.39, 0.29) is 5.82 Å². The average molecular weight is 221 g/mol. The van der Waals surface area contributed by atoms with Crippen LogP contribution in [0.25, 0.3) is 11.5 Å². The summed E-state index contributed by atoms with van der Waals surface area (Å²) in [6.07, 6.45) is 1.52. The lowest BCUT2D eigenvalue weighted by atomic mass is 10.2. The fourth-order valence-electron chi connectivity index (χ4n) is 1.33. The van der Waals surface area contributed by atoms with E-state index in [4.69, 9.17) is 10.3 Å². The van der Waals surface area contributed by atoms with Gasteiger partial charge >= 0.3 is 0 Å². The second-order valence-corrected chi connectivity index (χ2v) is 3.41. The van der Waals surface area contributed by atoms with Crippen LogP contribution < -0.4 is 5.73 Å². The second-order valence-electron chi connectivity index (χ2n) is 3.41.